The largest absolute Gasteiger partial charge is 0.497 e. The Morgan fingerprint density at radius 2 is 1.50 bits per heavy atom. The van der Waals surface area contributed by atoms with Gasteiger partial charge >= 0.3 is 0 Å². The van der Waals surface area contributed by atoms with Crippen LogP contribution in [-0.4, -0.2) is 66.1 Å². The molecule has 10 nitrogen and oxygen atoms in total. The molecule has 0 bridgehead atoms. The number of carbonyl (C=O) groups excluding carboxylic acids is 2. The molecule has 3 aromatic rings. The lowest BCUT2D eigenvalue weighted by Crippen LogP contribution is -2.50. The molecular formula is C29H35N3O7S. The van der Waals surface area contributed by atoms with Gasteiger partial charge in [-0.05, 0) is 55.8 Å². The van der Waals surface area contributed by atoms with Crippen molar-refractivity contribution in [2.24, 2.45) is 0 Å². The van der Waals surface area contributed by atoms with E-state index >= 15 is 0 Å². The summed E-state index contributed by atoms with van der Waals surface area (Å²) in [6.45, 7) is 2.95. The Balaban J connectivity index is 2.07. The Bertz CT molecular complexity index is 1420. The van der Waals surface area contributed by atoms with Crippen molar-refractivity contribution in [3.63, 3.8) is 0 Å². The first-order valence-corrected chi connectivity index (χ1v) is 13.9. The lowest BCUT2D eigenvalue weighted by molar-refractivity contribution is -0.139. The van der Waals surface area contributed by atoms with Crippen LogP contribution in [0.2, 0.25) is 0 Å². The minimum absolute atomic E-state index is 0.0155. The molecule has 0 heterocycles. The molecule has 0 aliphatic rings. The molecular weight excluding hydrogens is 534 g/mol. The van der Waals surface area contributed by atoms with E-state index < -0.39 is 28.5 Å². The summed E-state index contributed by atoms with van der Waals surface area (Å²) in [5.74, 6) is 0.383. The topological polar surface area (TPSA) is 114 Å². The molecule has 0 fully saturated rings. The highest BCUT2D eigenvalue weighted by atomic mass is 32.2. The van der Waals surface area contributed by atoms with Crippen LogP contribution < -0.4 is 23.8 Å². The molecule has 0 unspecified atom stereocenters. The number of methoxy groups -OCH3 is 3. The zero-order valence-corrected chi connectivity index (χ0v) is 24.3. The van der Waals surface area contributed by atoms with Gasteiger partial charge in [-0.2, -0.15) is 0 Å². The molecule has 3 aromatic carbocycles. The van der Waals surface area contributed by atoms with Gasteiger partial charge < -0.3 is 24.4 Å². The monoisotopic (exact) mass is 569 g/mol. The maximum Gasteiger partial charge on any atom is 0.264 e. The SMILES string of the molecule is CNC(=O)[C@@H](C)N(Cc1ccc(OC)cc1)C(=O)CN(c1ccc(OC)c(OC)c1)S(=O)(=O)c1ccc(C)cc1. The highest BCUT2D eigenvalue weighted by Gasteiger charge is 2.32. The maximum atomic E-state index is 13.9. The van der Waals surface area contributed by atoms with Crippen molar-refractivity contribution in [1.29, 1.82) is 0 Å². The average molecular weight is 570 g/mol. The summed E-state index contributed by atoms with van der Waals surface area (Å²) >= 11 is 0. The number of amides is 2. The first kappa shape index (κ1) is 30.3. The molecule has 0 saturated carbocycles. The molecule has 0 radical (unpaired) electrons. The fraction of sp³-hybridized carbons (Fsp3) is 0.310. The van der Waals surface area contributed by atoms with E-state index in [0.29, 0.717) is 17.2 Å². The van der Waals surface area contributed by atoms with Crippen molar-refractivity contribution in [3.8, 4) is 17.2 Å². The standard InChI is InChI=1S/C29H35N3O7S/c1-20-7-14-25(15-8-20)40(35,36)32(23-11-16-26(38-5)27(17-23)39-6)19-28(33)31(21(2)29(34)30-3)18-22-9-12-24(37-4)13-10-22/h7-17,21H,18-19H2,1-6H3,(H,30,34)/t21-/m1/s1. The van der Waals surface area contributed by atoms with E-state index in [9.17, 15) is 18.0 Å². The Labute approximate surface area is 235 Å². The van der Waals surface area contributed by atoms with Gasteiger partial charge in [-0.25, -0.2) is 8.42 Å². The zero-order chi connectivity index (χ0) is 29.4. The number of hydrogen-bond acceptors (Lipinski definition) is 7. The molecule has 0 aliphatic carbocycles. The van der Waals surface area contributed by atoms with E-state index in [1.54, 1.807) is 56.5 Å². The number of hydrogen-bond donors (Lipinski definition) is 1. The quantitative estimate of drug-likeness (QED) is 0.356. The summed E-state index contributed by atoms with van der Waals surface area (Å²) in [6, 6.07) is 17.1. The summed E-state index contributed by atoms with van der Waals surface area (Å²) in [5, 5.41) is 2.56. The normalized spacial score (nSPS) is 11.8. The average Bonchev–Trinajstić information content (AvgIpc) is 2.97. The number of aryl methyl sites for hydroxylation is 1. The van der Waals surface area contributed by atoms with Crippen molar-refractivity contribution in [2.45, 2.75) is 31.3 Å². The fourth-order valence-electron chi connectivity index (χ4n) is 4.07. The second kappa shape index (κ2) is 13.2. The van der Waals surface area contributed by atoms with Gasteiger partial charge in [0.25, 0.3) is 10.0 Å². The summed E-state index contributed by atoms with van der Waals surface area (Å²) < 4.78 is 44.8. The summed E-state index contributed by atoms with van der Waals surface area (Å²) in [4.78, 5) is 27.9. The second-order valence-corrected chi connectivity index (χ2v) is 10.9. The molecule has 0 saturated heterocycles. The molecule has 40 heavy (non-hydrogen) atoms. The lowest BCUT2D eigenvalue weighted by atomic mass is 10.1. The highest BCUT2D eigenvalue weighted by Crippen LogP contribution is 2.34. The third-order valence-electron chi connectivity index (χ3n) is 6.47. The van der Waals surface area contributed by atoms with E-state index in [2.05, 4.69) is 5.32 Å². The van der Waals surface area contributed by atoms with E-state index in [-0.39, 0.29) is 23.0 Å². The van der Waals surface area contributed by atoms with Crippen LogP contribution in [0, 0.1) is 6.92 Å². The third-order valence-corrected chi connectivity index (χ3v) is 8.26. The molecule has 11 heteroatoms. The number of nitrogens with zero attached hydrogens (tertiary/aromatic N) is 2. The number of rotatable bonds is 12. The highest BCUT2D eigenvalue weighted by molar-refractivity contribution is 7.92. The van der Waals surface area contributed by atoms with Crippen molar-refractivity contribution in [3.05, 3.63) is 77.9 Å². The van der Waals surface area contributed by atoms with E-state index in [1.807, 2.05) is 6.92 Å². The second-order valence-electron chi connectivity index (χ2n) is 9.02. The van der Waals surface area contributed by atoms with Crippen LogP contribution >= 0.6 is 0 Å². The van der Waals surface area contributed by atoms with Gasteiger partial charge in [-0.1, -0.05) is 29.8 Å². The predicted molar refractivity (Wildman–Crippen MR) is 152 cm³/mol. The van der Waals surface area contributed by atoms with Crippen LogP contribution in [0.25, 0.3) is 0 Å². The van der Waals surface area contributed by atoms with E-state index in [0.717, 1.165) is 15.4 Å². The number of carbonyl (C=O) groups is 2. The summed E-state index contributed by atoms with van der Waals surface area (Å²) in [7, 11) is 1.73. The number of ether oxygens (including phenoxy) is 3. The Hall–Kier alpha value is -4.25. The smallest absolute Gasteiger partial charge is 0.264 e. The predicted octanol–water partition coefficient (Wildman–Crippen LogP) is 3.38. The van der Waals surface area contributed by atoms with Crippen molar-refractivity contribution in [1.82, 2.24) is 10.2 Å². The Morgan fingerprint density at radius 1 is 0.875 bits per heavy atom. The number of likely N-dealkylation sites (N-methyl/N-ethyl adjacent to an activating group) is 1. The molecule has 1 atom stereocenters. The molecule has 2 amide bonds. The summed E-state index contributed by atoms with van der Waals surface area (Å²) in [5.41, 5.74) is 1.82. The first-order valence-electron chi connectivity index (χ1n) is 12.5. The van der Waals surface area contributed by atoms with Gasteiger partial charge in [-0.3, -0.25) is 13.9 Å². The molecule has 0 aliphatic heterocycles. The molecule has 3 rings (SSSR count). The number of nitrogens with one attached hydrogen (secondary N) is 1. The van der Waals surface area contributed by atoms with Crippen molar-refractivity contribution >= 4 is 27.5 Å². The van der Waals surface area contributed by atoms with Gasteiger partial charge in [0.05, 0.1) is 31.9 Å². The van der Waals surface area contributed by atoms with Crippen LogP contribution in [0.1, 0.15) is 18.1 Å². The van der Waals surface area contributed by atoms with Gasteiger partial charge in [0, 0.05) is 19.7 Å². The van der Waals surface area contributed by atoms with Crippen LogP contribution in [-0.2, 0) is 26.2 Å². The van der Waals surface area contributed by atoms with Crippen LogP contribution in [0.15, 0.2) is 71.6 Å². The van der Waals surface area contributed by atoms with Crippen LogP contribution in [0.5, 0.6) is 17.2 Å². The number of anilines is 1. The van der Waals surface area contributed by atoms with Gasteiger partial charge in [0.2, 0.25) is 11.8 Å². The molecule has 0 aromatic heterocycles. The van der Waals surface area contributed by atoms with Crippen molar-refractivity contribution in [2.75, 3.05) is 39.2 Å². The zero-order valence-electron chi connectivity index (χ0n) is 23.5. The maximum absolute atomic E-state index is 13.9. The van der Waals surface area contributed by atoms with Crippen LogP contribution in [0.3, 0.4) is 0 Å². The molecule has 214 valence electrons. The minimum atomic E-state index is -4.21. The fourth-order valence-corrected chi connectivity index (χ4v) is 5.47. The van der Waals surface area contributed by atoms with Crippen molar-refractivity contribution < 1.29 is 32.2 Å². The molecule has 1 N–H and O–H groups in total. The lowest BCUT2D eigenvalue weighted by Gasteiger charge is -2.32. The van der Waals surface area contributed by atoms with E-state index in [4.69, 9.17) is 14.2 Å². The summed E-state index contributed by atoms with van der Waals surface area (Å²) in [6.07, 6.45) is 0. The molecule has 0 spiro atoms. The number of sulfonamides is 1. The van der Waals surface area contributed by atoms with Gasteiger partial charge in [0.1, 0.15) is 18.3 Å². The van der Waals surface area contributed by atoms with Crippen LogP contribution in [0.4, 0.5) is 5.69 Å². The van der Waals surface area contributed by atoms with Gasteiger partial charge in [0.15, 0.2) is 11.5 Å². The first-order chi connectivity index (χ1) is 19.0. The van der Waals surface area contributed by atoms with E-state index in [1.165, 1.54) is 50.4 Å². The van der Waals surface area contributed by atoms with Gasteiger partial charge in [-0.15, -0.1) is 0 Å². The third kappa shape index (κ3) is 6.84. The Morgan fingerprint density at radius 3 is 2.05 bits per heavy atom. The Kier molecular flexibility index (Phi) is 10.0. The minimum Gasteiger partial charge on any atom is -0.497 e. The number of benzene rings is 3.